The number of hydrogen-bond donors (Lipinski definition) is 1. The SMILES string of the molecule is CC(C)CN(C)S(=O)(=O)N1C[C@@H](N)[C@H](c2cn(C)cn2)C1. The second kappa shape index (κ2) is 6.04. The zero-order chi connectivity index (χ0) is 15.8. The van der Waals surface area contributed by atoms with E-state index in [0.717, 1.165) is 5.69 Å². The molecule has 0 saturated carbocycles. The average molecular weight is 315 g/mol. The molecule has 1 aromatic rings. The lowest BCUT2D eigenvalue weighted by atomic mass is 10.0. The Morgan fingerprint density at radius 3 is 2.67 bits per heavy atom. The van der Waals surface area contributed by atoms with Crippen molar-refractivity contribution >= 4 is 10.2 Å². The second-order valence-electron chi connectivity index (χ2n) is 6.23. The van der Waals surface area contributed by atoms with Crippen molar-refractivity contribution in [3.63, 3.8) is 0 Å². The van der Waals surface area contributed by atoms with Gasteiger partial charge in [0.05, 0.1) is 12.0 Å². The Balaban J connectivity index is 2.13. The fraction of sp³-hybridized carbons (Fsp3) is 0.769. The summed E-state index contributed by atoms with van der Waals surface area (Å²) in [5, 5.41) is 0. The van der Waals surface area contributed by atoms with Gasteiger partial charge in [-0.1, -0.05) is 13.8 Å². The third-order valence-electron chi connectivity index (χ3n) is 3.78. The Kier molecular flexibility index (Phi) is 4.72. The van der Waals surface area contributed by atoms with Crippen molar-refractivity contribution < 1.29 is 8.42 Å². The molecule has 1 aromatic heterocycles. The van der Waals surface area contributed by atoms with Gasteiger partial charge >= 0.3 is 0 Å². The lowest BCUT2D eigenvalue weighted by molar-refractivity contribution is 0.365. The van der Waals surface area contributed by atoms with Crippen LogP contribution in [0.2, 0.25) is 0 Å². The van der Waals surface area contributed by atoms with Crippen LogP contribution in [0.4, 0.5) is 0 Å². The summed E-state index contributed by atoms with van der Waals surface area (Å²) in [6.45, 7) is 5.23. The van der Waals surface area contributed by atoms with Gasteiger partial charge in [-0.2, -0.15) is 17.0 Å². The van der Waals surface area contributed by atoms with E-state index in [0.29, 0.717) is 19.6 Å². The maximum atomic E-state index is 12.6. The zero-order valence-corrected chi connectivity index (χ0v) is 13.9. The molecule has 0 amide bonds. The van der Waals surface area contributed by atoms with E-state index in [1.54, 1.807) is 13.4 Å². The average Bonchev–Trinajstić information content (AvgIpc) is 2.94. The zero-order valence-electron chi connectivity index (χ0n) is 13.1. The third kappa shape index (κ3) is 3.45. The Hall–Kier alpha value is -0.960. The van der Waals surface area contributed by atoms with E-state index in [-0.39, 0.29) is 17.9 Å². The van der Waals surface area contributed by atoms with Crippen molar-refractivity contribution in [2.24, 2.45) is 18.7 Å². The highest BCUT2D eigenvalue weighted by Crippen LogP contribution is 2.28. The molecule has 0 unspecified atom stereocenters. The minimum absolute atomic E-state index is 0.0478. The van der Waals surface area contributed by atoms with Crippen LogP contribution in [0, 0.1) is 5.92 Å². The highest BCUT2D eigenvalue weighted by atomic mass is 32.2. The number of rotatable bonds is 5. The number of hydrogen-bond acceptors (Lipinski definition) is 4. The number of aryl methyl sites for hydroxylation is 1. The molecule has 120 valence electrons. The molecule has 8 heteroatoms. The summed E-state index contributed by atoms with van der Waals surface area (Å²) in [6.07, 6.45) is 3.61. The summed E-state index contributed by atoms with van der Waals surface area (Å²) in [6, 6.07) is -0.220. The Bertz CT molecular complexity index is 583. The van der Waals surface area contributed by atoms with Gasteiger partial charge in [-0.05, 0) is 5.92 Å². The fourth-order valence-corrected chi connectivity index (χ4v) is 4.31. The summed E-state index contributed by atoms with van der Waals surface area (Å²) in [4.78, 5) is 4.31. The monoisotopic (exact) mass is 315 g/mol. The van der Waals surface area contributed by atoms with E-state index in [1.165, 1.54) is 8.61 Å². The Labute approximate surface area is 126 Å². The predicted molar refractivity (Wildman–Crippen MR) is 81.9 cm³/mol. The minimum Gasteiger partial charge on any atom is -0.340 e. The van der Waals surface area contributed by atoms with Crippen molar-refractivity contribution in [3.05, 3.63) is 18.2 Å². The van der Waals surface area contributed by atoms with Crippen molar-refractivity contribution in [3.8, 4) is 0 Å². The number of nitrogens with two attached hydrogens (primary N) is 1. The summed E-state index contributed by atoms with van der Waals surface area (Å²) < 4.78 is 29.9. The van der Waals surface area contributed by atoms with Crippen LogP contribution >= 0.6 is 0 Å². The molecule has 0 spiro atoms. The van der Waals surface area contributed by atoms with Crippen LogP contribution in [0.3, 0.4) is 0 Å². The summed E-state index contributed by atoms with van der Waals surface area (Å²) >= 11 is 0. The predicted octanol–water partition coefficient (Wildman–Crippen LogP) is -0.0208. The van der Waals surface area contributed by atoms with Gasteiger partial charge < -0.3 is 10.3 Å². The molecule has 7 nitrogen and oxygen atoms in total. The number of nitrogens with zero attached hydrogens (tertiary/aromatic N) is 4. The maximum Gasteiger partial charge on any atom is 0.281 e. The molecule has 0 bridgehead atoms. The van der Waals surface area contributed by atoms with E-state index >= 15 is 0 Å². The lowest BCUT2D eigenvalue weighted by Crippen LogP contribution is -2.43. The highest BCUT2D eigenvalue weighted by molar-refractivity contribution is 7.86. The van der Waals surface area contributed by atoms with E-state index in [1.807, 2.05) is 31.7 Å². The van der Waals surface area contributed by atoms with E-state index < -0.39 is 10.2 Å². The molecule has 2 N–H and O–H groups in total. The Morgan fingerprint density at radius 1 is 1.48 bits per heavy atom. The maximum absolute atomic E-state index is 12.6. The largest absolute Gasteiger partial charge is 0.340 e. The van der Waals surface area contributed by atoms with Crippen LogP contribution < -0.4 is 5.73 Å². The number of aromatic nitrogens is 2. The Morgan fingerprint density at radius 2 is 2.14 bits per heavy atom. The molecule has 2 rings (SSSR count). The molecule has 1 aliphatic heterocycles. The molecule has 21 heavy (non-hydrogen) atoms. The molecule has 1 aliphatic rings. The smallest absolute Gasteiger partial charge is 0.281 e. The van der Waals surface area contributed by atoms with E-state index in [4.69, 9.17) is 5.73 Å². The van der Waals surface area contributed by atoms with Crippen molar-refractivity contribution in [2.45, 2.75) is 25.8 Å². The molecule has 1 saturated heterocycles. The van der Waals surface area contributed by atoms with Gasteiger partial charge in [-0.15, -0.1) is 0 Å². The van der Waals surface area contributed by atoms with Gasteiger partial charge in [0.15, 0.2) is 0 Å². The molecule has 0 radical (unpaired) electrons. The lowest BCUT2D eigenvalue weighted by Gasteiger charge is -2.25. The van der Waals surface area contributed by atoms with Gasteiger partial charge in [0.25, 0.3) is 10.2 Å². The highest BCUT2D eigenvalue weighted by Gasteiger charge is 2.40. The molecule has 1 fully saturated rings. The minimum atomic E-state index is -3.45. The van der Waals surface area contributed by atoms with Gasteiger partial charge in [0.2, 0.25) is 0 Å². The van der Waals surface area contributed by atoms with E-state index in [9.17, 15) is 8.42 Å². The first kappa shape index (κ1) is 16.4. The third-order valence-corrected chi connectivity index (χ3v) is 5.67. The standard InChI is InChI=1S/C13H25N5O2S/c1-10(2)5-17(4)21(19,20)18-6-11(12(14)7-18)13-8-16(3)9-15-13/h8-12H,5-7,14H2,1-4H3/t11-,12-/m1/s1. The summed E-state index contributed by atoms with van der Waals surface area (Å²) in [7, 11) is 0.0621. The molecule has 0 aliphatic carbocycles. The number of imidazole rings is 1. The van der Waals surface area contributed by atoms with Crippen LogP contribution in [0.15, 0.2) is 12.5 Å². The first-order valence-corrected chi connectivity index (χ1v) is 8.56. The van der Waals surface area contributed by atoms with Gasteiger partial charge in [0, 0.05) is 51.9 Å². The van der Waals surface area contributed by atoms with Crippen molar-refractivity contribution in [1.82, 2.24) is 18.2 Å². The quantitative estimate of drug-likeness (QED) is 0.827. The fourth-order valence-electron chi connectivity index (χ4n) is 2.72. The van der Waals surface area contributed by atoms with Crippen molar-refractivity contribution in [2.75, 3.05) is 26.7 Å². The van der Waals surface area contributed by atoms with Crippen LogP contribution in [0.5, 0.6) is 0 Å². The first-order chi connectivity index (χ1) is 9.71. The molecule has 2 heterocycles. The topological polar surface area (TPSA) is 84.5 Å². The van der Waals surface area contributed by atoms with Crippen LogP contribution in [-0.4, -0.2) is 59.3 Å². The molecule has 0 aromatic carbocycles. The van der Waals surface area contributed by atoms with Gasteiger partial charge in [-0.25, -0.2) is 4.98 Å². The normalized spacial score (nSPS) is 24.3. The molecular weight excluding hydrogens is 290 g/mol. The first-order valence-electron chi connectivity index (χ1n) is 7.16. The molecule has 2 atom stereocenters. The second-order valence-corrected chi connectivity index (χ2v) is 8.27. The van der Waals surface area contributed by atoms with Gasteiger partial charge in [-0.3, -0.25) is 0 Å². The van der Waals surface area contributed by atoms with Crippen molar-refractivity contribution in [1.29, 1.82) is 0 Å². The van der Waals surface area contributed by atoms with Crippen LogP contribution in [0.25, 0.3) is 0 Å². The summed E-state index contributed by atoms with van der Waals surface area (Å²) in [5.41, 5.74) is 6.99. The van der Waals surface area contributed by atoms with Crippen LogP contribution in [-0.2, 0) is 17.3 Å². The summed E-state index contributed by atoms with van der Waals surface area (Å²) in [5.74, 6) is 0.237. The molecular formula is C13H25N5O2S. The van der Waals surface area contributed by atoms with Gasteiger partial charge in [0.1, 0.15) is 0 Å². The van der Waals surface area contributed by atoms with Crippen LogP contribution in [0.1, 0.15) is 25.5 Å². The van der Waals surface area contributed by atoms with E-state index in [2.05, 4.69) is 4.98 Å².